The van der Waals surface area contributed by atoms with Crippen LogP contribution in [0.15, 0.2) is 78.4 Å². The highest BCUT2D eigenvalue weighted by atomic mass is 19.1. The molecule has 1 amide bonds. The van der Waals surface area contributed by atoms with E-state index in [0.717, 1.165) is 6.08 Å². The third kappa shape index (κ3) is 4.99. The quantitative estimate of drug-likeness (QED) is 0.431. The zero-order chi connectivity index (χ0) is 23.4. The largest absolute Gasteiger partial charge is 0.421 e. The summed E-state index contributed by atoms with van der Waals surface area (Å²) in [5.74, 6) is -1.05. The van der Waals surface area contributed by atoms with Crippen LogP contribution in [0.4, 0.5) is 10.1 Å². The minimum atomic E-state index is -0.637. The maximum atomic E-state index is 14.9. The first-order valence-electron chi connectivity index (χ1n) is 9.83. The van der Waals surface area contributed by atoms with E-state index in [2.05, 4.69) is 31.8 Å². The van der Waals surface area contributed by atoms with Crippen LogP contribution in [-0.2, 0) is 4.79 Å². The smallest absolute Gasteiger partial charge is 0.345 e. The Kier molecular flexibility index (Phi) is 6.03. The minimum absolute atomic E-state index is 0.0337. The van der Waals surface area contributed by atoms with Gasteiger partial charge in [0.15, 0.2) is 11.6 Å². The number of aromatic nitrogens is 4. The van der Waals surface area contributed by atoms with Crippen LogP contribution in [0, 0.1) is 12.7 Å². The Hall–Kier alpha value is -4.66. The summed E-state index contributed by atoms with van der Waals surface area (Å²) in [4.78, 5) is 38.1. The van der Waals surface area contributed by atoms with Crippen LogP contribution in [-0.4, -0.2) is 25.8 Å². The molecular weight excluding hydrogens is 425 g/mol. The van der Waals surface area contributed by atoms with Gasteiger partial charge in [-0.25, -0.2) is 24.1 Å². The number of nitrogens with zero attached hydrogens (tertiary/aromatic N) is 3. The number of benzene rings is 2. The molecule has 164 valence electrons. The lowest BCUT2D eigenvalue weighted by molar-refractivity contribution is -0.111. The van der Waals surface area contributed by atoms with Crippen LogP contribution in [0.25, 0.3) is 22.4 Å². The molecule has 2 aromatic carbocycles. The van der Waals surface area contributed by atoms with E-state index in [1.807, 2.05) is 0 Å². The van der Waals surface area contributed by atoms with Gasteiger partial charge in [-0.15, -0.1) is 0 Å². The van der Waals surface area contributed by atoms with E-state index < -0.39 is 11.5 Å². The second-order valence-corrected chi connectivity index (χ2v) is 6.98. The van der Waals surface area contributed by atoms with Gasteiger partial charge >= 0.3 is 11.7 Å². The van der Waals surface area contributed by atoms with Gasteiger partial charge in [-0.1, -0.05) is 24.8 Å². The highest BCUT2D eigenvalue weighted by Gasteiger charge is 2.14. The number of carbonyl (C=O) groups excluding carboxylic acids is 1. The Balaban J connectivity index is 1.71. The molecule has 0 radical (unpaired) electrons. The lowest BCUT2D eigenvalue weighted by Crippen LogP contribution is -2.11. The molecular formula is C24H18FN5O3. The van der Waals surface area contributed by atoms with Gasteiger partial charge in [0.2, 0.25) is 5.91 Å². The molecule has 0 fully saturated rings. The van der Waals surface area contributed by atoms with Crippen LogP contribution in [0.1, 0.15) is 5.69 Å². The fourth-order valence-corrected chi connectivity index (χ4v) is 3.11. The summed E-state index contributed by atoms with van der Waals surface area (Å²) < 4.78 is 20.3. The van der Waals surface area contributed by atoms with Crippen molar-refractivity contribution in [1.29, 1.82) is 0 Å². The molecule has 0 atom stereocenters. The molecule has 2 aromatic heterocycles. The molecule has 2 N–H and O–H groups in total. The summed E-state index contributed by atoms with van der Waals surface area (Å²) in [5.41, 5.74) is 2.59. The van der Waals surface area contributed by atoms with Gasteiger partial charge in [-0.3, -0.25) is 4.79 Å². The van der Waals surface area contributed by atoms with Crippen molar-refractivity contribution in [1.82, 2.24) is 19.9 Å². The van der Waals surface area contributed by atoms with Gasteiger partial charge in [-0.2, -0.15) is 0 Å². The summed E-state index contributed by atoms with van der Waals surface area (Å²) in [6, 6.07) is 12.9. The fraction of sp³-hybridized carbons (Fsp3) is 0.0417. The first-order valence-corrected chi connectivity index (χ1v) is 9.83. The number of rotatable bonds is 6. The molecule has 0 bridgehead atoms. The van der Waals surface area contributed by atoms with E-state index in [4.69, 9.17) is 4.74 Å². The highest BCUT2D eigenvalue weighted by molar-refractivity contribution is 5.99. The Morgan fingerprint density at radius 1 is 1.15 bits per heavy atom. The highest BCUT2D eigenvalue weighted by Crippen LogP contribution is 2.33. The van der Waals surface area contributed by atoms with Crippen LogP contribution in [0.3, 0.4) is 0 Å². The standard InChI is InChI=1S/C24H18FN5O3/c1-3-21(31)29-17-6-4-5-16(11-17)22-18(13-27-23(32)30-22)15-7-8-20(19(25)12-15)33-24-26-10-9-14(2)28-24/h3-13H,1H2,2H3,(H,29,31)(H,27,30,32). The number of anilines is 1. The zero-order valence-electron chi connectivity index (χ0n) is 17.5. The minimum Gasteiger partial charge on any atom is -0.421 e. The van der Waals surface area contributed by atoms with E-state index in [1.165, 1.54) is 24.5 Å². The molecule has 0 unspecified atom stereocenters. The monoisotopic (exact) mass is 443 g/mol. The number of ether oxygens (including phenoxy) is 1. The van der Waals surface area contributed by atoms with Gasteiger partial charge in [-0.05, 0) is 48.9 Å². The van der Waals surface area contributed by atoms with Gasteiger partial charge < -0.3 is 15.0 Å². The fourth-order valence-electron chi connectivity index (χ4n) is 3.11. The van der Waals surface area contributed by atoms with Crippen molar-refractivity contribution >= 4 is 11.6 Å². The molecule has 9 heteroatoms. The van der Waals surface area contributed by atoms with E-state index >= 15 is 0 Å². The van der Waals surface area contributed by atoms with Crippen molar-refractivity contribution in [2.45, 2.75) is 6.92 Å². The maximum absolute atomic E-state index is 14.9. The Morgan fingerprint density at radius 2 is 2.00 bits per heavy atom. The first kappa shape index (κ1) is 21.6. The normalized spacial score (nSPS) is 10.5. The van der Waals surface area contributed by atoms with Crippen molar-refractivity contribution in [3.63, 3.8) is 0 Å². The number of hydrogen-bond acceptors (Lipinski definition) is 6. The zero-order valence-corrected chi connectivity index (χ0v) is 17.5. The molecule has 0 saturated carbocycles. The summed E-state index contributed by atoms with van der Waals surface area (Å²) in [6.45, 7) is 5.20. The number of aryl methyl sites for hydroxylation is 1. The number of amides is 1. The van der Waals surface area contributed by atoms with E-state index in [1.54, 1.807) is 43.3 Å². The topological polar surface area (TPSA) is 110 Å². The molecule has 8 nitrogen and oxygen atoms in total. The molecule has 0 spiro atoms. The van der Waals surface area contributed by atoms with E-state index in [9.17, 15) is 14.0 Å². The van der Waals surface area contributed by atoms with Gasteiger partial charge in [0.05, 0.1) is 5.69 Å². The van der Waals surface area contributed by atoms with Crippen LogP contribution in [0.5, 0.6) is 11.8 Å². The molecule has 33 heavy (non-hydrogen) atoms. The van der Waals surface area contributed by atoms with Crippen molar-refractivity contribution in [3.8, 4) is 34.1 Å². The molecule has 0 aliphatic heterocycles. The number of aromatic amines is 1. The van der Waals surface area contributed by atoms with Gasteiger partial charge in [0.1, 0.15) is 0 Å². The predicted octanol–water partition coefficient (Wildman–Crippen LogP) is 4.26. The van der Waals surface area contributed by atoms with Crippen molar-refractivity contribution in [2.75, 3.05) is 5.32 Å². The first-order chi connectivity index (χ1) is 15.9. The van der Waals surface area contributed by atoms with Crippen molar-refractivity contribution < 1.29 is 13.9 Å². The SMILES string of the molecule is C=CC(=O)Nc1cccc(-c2[nH]c(=O)ncc2-c2ccc(Oc3nccc(C)n3)c(F)c2)c1. The van der Waals surface area contributed by atoms with Gasteiger partial charge in [0, 0.05) is 34.9 Å². The van der Waals surface area contributed by atoms with E-state index in [-0.39, 0.29) is 17.7 Å². The Morgan fingerprint density at radius 3 is 2.76 bits per heavy atom. The van der Waals surface area contributed by atoms with Crippen molar-refractivity contribution in [2.24, 2.45) is 0 Å². The third-order valence-corrected chi connectivity index (χ3v) is 4.63. The van der Waals surface area contributed by atoms with Crippen LogP contribution >= 0.6 is 0 Å². The lowest BCUT2D eigenvalue weighted by atomic mass is 10.00. The summed E-state index contributed by atoms with van der Waals surface area (Å²) in [7, 11) is 0. The van der Waals surface area contributed by atoms with E-state index in [0.29, 0.717) is 33.8 Å². The summed E-state index contributed by atoms with van der Waals surface area (Å²) in [5, 5.41) is 2.67. The van der Waals surface area contributed by atoms with Crippen LogP contribution < -0.4 is 15.7 Å². The predicted molar refractivity (Wildman–Crippen MR) is 121 cm³/mol. The molecule has 2 heterocycles. The Labute approximate surface area is 187 Å². The summed E-state index contributed by atoms with van der Waals surface area (Å²) >= 11 is 0. The maximum Gasteiger partial charge on any atom is 0.345 e. The second-order valence-electron chi connectivity index (χ2n) is 6.98. The molecule has 4 rings (SSSR count). The number of H-pyrrole nitrogens is 1. The number of halogens is 1. The van der Waals surface area contributed by atoms with Crippen LogP contribution in [0.2, 0.25) is 0 Å². The summed E-state index contributed by atoms with van der Waals surface area (Å²) in [6.07, 6.45) is 4.04. The third-order valence-electron chi connectivity index (χ3n) is 4.63. The number of carbonyl (C=O) groups is 1. The number of nitrogens with one attached hydrogen (secondary N) is 2. The molecule has 0 aliphatic carbocycles. The average molecular weight is 443 g/mol. The molecule has 4 aromatic rings. The molecule has 0 saturated heterocycles. The molecule has 0 aliphatic rings. The van der Waals surface area contributed by atoms with Crippen molar-refractivity contribution in [3.05, 3.63) is 95.6 Å². The van der Waals surface area contributed by atoms with Gasteiger partial charge in [0.25, 0.3) is 0 Å². The lowest BCUT2D eigenvalue weighted by Gasteiger charge is -2.12. The average Bonchev–Trinajstić information content (AvgIpc) is 2.80. The number of hydrogen-bond donors (Lipinski definition) is 2. The second kappa shape index (κ2) is 9.23. The Bertz CT molecular complexity index is 1420.